The molecular formula is C12H18O2. The Balaban J connectivity index is 4.56. The fourth-order valence-electron chi connectivity index (χ4n) is 0.944. The highest BCUT2D eigenvalue weighted by molar-refractivity contribution is 5.28. The molecule has 0 rings (SSSR count). The maximum Gasteiger partial charge on any atom is 0.108 e. The minimum absolute atomic E-state index is 0.0110. The average Bonchev–Trinajstić information content (AvgIpc) is 2.10. The van der Waals surface area contributed by atoms with Crippen LogP contribution in [0.1, 0.15) is 20.3 Å². The zero-order valence-electron chi connectivity index (χ0n) is 8.83. The third-order valence-electron chi connectivity index (χ3n) is 1.82. The molecule has 0 heterocycles. The third kappa shape index (κ3) is 5.38. The molecule has 0 fully saturated rings. The van der Waals surface area contributed by atoms with Crippen molar-refractivity contribution in [3.63, 3.8) is 0 Å². The van der Waals surface area contributed by atoms with E-state index >= 15 is 0 Å². The Morgan fingerprint density at radius 3 is 2.29 bits per heavy atom. The normalized spacial score (nSPS) is 12.5. The summed E-state index contributed by atoms with van der Waals surface area (Å²) >= 11 is 0. The molecule has 78 valence electrons. The summed E-state index contributed by atoms with van der Waals surface area (Å²) in [5, 5.41) is 18.3. The van der Waals surface area contributed by atoms with Crippen molar-refractivity contribution < 1.29 is 10.2 Å². The molecule has 0 amide bonds. The first-order valence-corrected chi connectivity index (χ1v) is 4.50. The lowest BCUT2D eigenvalue weighted by atomic mass is 10.0. The van der Waals surface area contributed by atoms with Crippen LogP contribution in [0.4, 0.5) is 0 Å². The molecule has 2 heteroatoms. The molecule has 14 heavy (non-hydrogen) atoms. The summed E-state index contributed by atoms with van der Waals surface area (Å²) in [5.41, 5.74) is 2.08. The molecule has 1 unspecified atom stereocenters. The van der Waals surface area contributed by atoms with Gasteiger partial charge in [0.2, 0.25) is 0 Å². The van der Waals surface area contributed by atoms with E-state index < -0.39 is 6.10 Å². The van der Waals surface area contributed by atoms with Crippen LogP contribution in [-0.2, 0) is 0 Å². The van der Waals surface area contributed by atoms with Crippen molar-refractivity contribution >= 4 is 0 Å². The molecule has 0 saturated heterocycles. The smallest absolute Gasteiger partial charge is 0.108 e. The van der Waals surface area contributed by atoms with Gasteiger partial charge in [-0.25, -0.2) is 0 Å². The summed E-state index contributed by atoms with van der Waals surface area (Å²) in [6.45, 7) is 10.8. The van der Waals surface area contributed by atoms with E-state index in [0.717, 1.165) is 11.1 Å². The molecule has 0 aromatic heterocycles. The Morgan fingerprint density at radius 2 is 1.93 bits per heavy atom. The molecule has 0 aromatic rings. The SMILES string of the molecule is C=CC(O)CC(/C=C\C(=C)O)=C(C)C. The van der Waals surface area contributed by atoms with E-state index in [1.54, 1.807) is 6.08 Å². The van der Waals surface area contributed by atoms with Crippen LogP contribution in [0, 0.1) is 0 Å². The molecule has 0 aliphatic heterocycles. The maximum absolute atomic E-state index is 9.37. The molecule has 0 aliphatic rings. The molecule has 2 N–H and O–H groups in total. The highest BCUT2D eigenvalue weighted by Gasteiger charge is 2.02. The van der Waals surface area contributed by atoms with Crippen LogP contribution >= 0.6 is 0 Å². The fourth-order valence-corrected chi connectivity index (χ4v) is 0.944. The molecule has 0 bridgehead atoms. The Kier molecular flexibility index (Phi) is 5.65. The Hall–Kier alpha value is -1.28. The Bertz CT molecular complexity index is 268. The van der Waals surface area contributed by atoms with Gasteiger partial charge in [0.05, 0.1) is 6.10 Å². The van der Waals surface area contributed by atoms with Gasteiger partial charge in [0, 0.05) is 6.42 Å². The standard InChI is InChI=1S/C12H18O2/c1-5-12(14)8-11(9(2)3)7-6-10(4)13/h5-7,12-14H,1,4,8H2,2-3H3/b7-6-. The van der Waals surface area contributed by atoms with E-state index in [2.05, 4.69) is 13.2 Å². The quantitative estimate of drug-likeness (QED) is 0.401. The molecule has 1 atom stereocenters. The second-order valence-electron chi connectivity index (χ2n) is 3.36. The van der Waals surface area contributed by atoms with Crippen molar-refractivity contribution in [3.05, 3.63) is 48.3 Å². The van der Waals surface area contributed by atoms with Crippen LogP contribution in [0.3, 0.4) is 0 Å². The second-order valence-corrected chi connectivity index (χ2v) is 3.36. The van der Waals surface area contributed by atoms with Gasteiger partial charge in [0.25, 0.3) is 0 Å². The summed E-state index contributed by atoms with van der Waals surface area (Å²) in [7, 11) is 0. The van der Waals surface area contributed by atoms with Crippen molar-refractivity contribution in [2.24, 2.45) is 0 Å². The zero-order valence-corrected chi connectivity index (χ0v) is 8.83. The molecule has 0 aromatic carbocycles. The van der Waals surface area contributed by atoms with Gasteiger partial charge in [0.15, 0.2) is 0 Å². The predicted molar refractivity (Wildman–Crippen MR) is 60.1 cm³/mol. The summed E-state index contributed by atoms with van der Waals surface area (Å²) in [5.74, 6) is 0.0110. The van der Waals surface area contributed by atoms with Crippen LogP contribution in [0.15, 0.2) is 48.3 Å². The van der Waals surface area contributed by atoms with Gasteiger partial charge in [-0.15, -0.1) is 6.58 Å². The van der Waals surface area contributed by atoms with Gasteiger partial charge in [-0.05, 0) is 25.5 Å². The van der Waals surface area contributed by atoms with Crippen LogP contribution < -0.4 is 0 Å². The van der Waals surface area contributed by atoms with Crippen molar-refractivity contribution in [2.75, 3.05) is 0 Å². The van der Waals surface area contributed by atoms with Crippen molar-refractivity contribution in [3.8, 4) is 0 Å². The first-order chi connectivity index (χ1) is 6.47. The van der Waals surface area contributed by atoms with Crippen LogP contribution in [-0.4, -0.2) is 16.3 Å². The predicted octanol–water partition coefficient (Wildman–Crippen LogP) is 2.89. The van der Waals surface area contributed by atoms with Crippen molar-refractivity contribution in [2.45, 2.75) is 26.4 Å². The zero-order chi connectivity index (χ0) is 11.1. The highest BCUT2D eigenvalue weighted by atomic mass is 16.3. The minimum Gasteiger partial charge on any atom is -0.509 e. The Labute approximate surface area is 85.6 Å². The summed E-state index contributed by atoms with van der Waals surface area (Å²) in [6, 6.07) is 0. The van der Waals surface area contributed by atoms with Gasteiger partial charge in [0.1, 0.15) is 5.76 Å². The van der Waals surface area contributed by atoms with Crippen LogP contribution in [0.5, 0.6) is 0 Å². The van der Waals surface area contributed by atoms with E-state index in [1.807, 2.05) is 13.8 Å². The summed E-state index contributed by atoms with van der Waals surface area (Å²) in [4.78, 5) is 0. The molecule has 2 nitrogen and oxygen atoms in total. The van der Waals surface area contributed by atoms with Gasteiger partial charge in [-0.2, -0.15) is 0 Å². The van der Waals surface area contributed by atoms with Crippen molar-refractivity contribution in [1.82, 2.24) is 0 Å². The monoisotopic (exact) mass is 194 g/mol. The van der Waals surface area contributed by atoms with Crippen LogP contribution in [0.25, 0.3) is 0 Å². The lowest BCUT2D eigenvalue weighted by Crippen LogP contribution is -2.03. The van der Waals surface area contributed by atoms with Gasteiger partial charge < -0.3 is 10.2 Å². The number of allylic oxidation sites excluding steroid dienone is 3. The second kappa shape index (κ2) is 6.22. The number of hydrogen-bond donors (Lipinski definition) is 2. The first-order valence-electron chi connectivity index (χ1n) is 4.50. The van der Waals surface area contributed by atoms with Gasteiger partial charge in [-0.3, -0.25) is 0 Å². The largest absolute Gasteiger partial charge is 0.509 e. The van der Waals surface area contributed by atoms with E-state index in [4.69, 9.17) is 5.11 Å². The fraction of sp³-hybridized carbons (Fsp3) is 0.333. The highest BCUT2D eigenvalue weighted by Crippen LogP contribution is 2.13. The first kappa shape index (κ1) is 12.7. The lowest BCUT2D eigenvalue weighted by molar-refractivity contribution is 0.224. The van der Waals surface area contributed by atoms with E-state index in [-0.39, 0.29) is 5.76 Å². The average molecular weight is 194 g/mol. The third-order valence-corrected chi connectivity index (χ3v) is 1.82. The summed E-state index contributed by atoms with van der Waals surface area (Å²) in [6.07, 6.45) is 4.72. The number of hydrogen-bond acceptors (Lipinski definition) is 2. The molecular weight excluding hydrogens is 176 g/mol. The van der Waals surface area contributed by atoms with Crippen LogP contribution in [0.2, 0.25) is 0 Å². The van der Waals surface area contributed by atoms with Gasteiger partial charge in [-0.1, -0.05) is 24.3 Å². The molecule has 0 radical (unpaired) electrons. The molecule has 0 aliphatic carbocycles. The lowest BCUT2D eigenvalue weighted by Gasteiger charge is -2.08. The van der Waals surface area contributed by atoms with Gasteiger partial charge >= 0.3 is 0 Å². The van der Waals surface area contributed by atoms with Crippen molar-refractivity contribution in [1.29, 1.82) is 0 Å². The molecule has 0 spiro atoms. The van der Waals surface area contributed by atoms with E-state index in [0.29, 0.717) is 6.42 Å². The summed E-state index contributed by atoms with van der Waals surface area (Å²) < 4.78 is 0. The Morgan fingerprint density at radius 1 is 1.36 bits per heavy atom. The van der Waals surface area contributed by atoms with E-state index in [1.165, 1.54) is 12.2 Å². The topological polar surface area (TPSA) is 40.5 Å². The number of rotatable bonds is 5. The minimum atomic E-state index is -0.545. The maximum atomic E-state index is 9.37. The number of aliphatic hydroxyl groups excluding tert-OH is 2. The number of aliphatic hydroxyl groups is 2. The molecule has 0 saturated carbocycles. The van der Waals surface area contributed by atoms with E-state index in [9.17, 15) is 5.11 Å².